The highest BCUT2D eigenvalue weighted by atomic mass is 19.3. The van der Waals surface area contributed by atoms with Gasteiger partial charge in [0.25, 0.3) is 5.92 Å². The number of hydrogen-bond acceptors (Lipinski definition) is 4. The third kappa shape index (κ3) is 3.82. The van der Waals surface area contributed by atoms with Crippen LogP contribution in [0.3, 0.4) is 0 Å². The number of hydrogen-bond donors (Lipinski definition) is 0. The van der Waals surface area contributed by atoms with Crippen LogP contribution in [0.25, 0.3) is 0 Å². The number of carbonyl (C=O) groups excluding carboxylic acids is 1. The summed E-state index contributed by atoms with van der Waals surface area (Å²) in [4.78, 5) is 25.3. The minimum Gasteiger partial charge on any atom is -0.342 e. The molecule has 0 aromatic carbocycles. The van der Waals surface area contributed by atoms with Crippen LogP contribution in [0.5, 0.6) is 0 Å². The first-order chi connectivity index (χ1) is 11.3. The Morgan fingerprint density at radius 1 is 1.17 bits per heavy atom. The maximum atomic E-state index is 13.3. The number of nitrogens with zero attached hydrogens (tertiary/aromatic N) is 4. The fraction of sp³-hybridized carbons (Fsp3) is 0.706. The van der Waals surface area contributed by atoms with Crippen LogP contribution in [0.1, 0.15) is 37.1 Å². The molecule has 0 spiro atoms. The van der Waals surface area contributed by atoms with Crippen molar-refractivity contribution in [3.05, 3.63) is 17.5 Å². The topological polar surface area (TPSA) is 49.3 Å². The highest BCUT2D eigenvalue weighted by Gasteiger charge is 2.38. The van der Waals surface area contributed by atoms with Crippen molar-refractivity contribution in [1.29, 1.82) is 0 Å². The lowest BCUT2D eigenvalue weighted by Gasteiger charge is -2.37. The first kappa shape index (κ1) is 17.0. The molecule has 0 radical (unpaired) electrons. The van der Waals surface area contributed by atoms with Crippen LogP contribution in [0, 0.1) is 19.8 Å². The summed E-state index contributed by atoms with van der Waals surface area (Å²) in [6, 6.07) is 1.92. The molecule has 1 atom stereocenters. The fourth-order valence-corrected chi connectivity index (χ4v) is 3.52. The zero-order valence-electron chi connectivity index (χ0n) is 14.3. The monoisotopic (exact) mass is 338 g/mol. The Bertz CT molecular complexity index is 592. The van der Waals surface area contributed by atoms with Crippen LogP contribution in [-0.4, -0.2) is 52.9 Å². The van der Waals surface area contributed by atoms with E-state index in [9.17, 15) is 13.6 Å². The maximum Gasteiger partial charge on any atom is 0.251 e. The van der Waals surface area contributed by atoms with Gasteiger partial charge in [-0.3, -0.25) is 4.79 Å². The molecule has 0 saturated carbocycles. The summed E-state index contributed by atoms with van der Waals surface area (Å²) >= 11 is 0. The summed E-state index contributed by atoms with van der Waals surface area (Å²) in [7, 11) is 0. The van der Waals surface area contributed by atoms with Gasteiger partial charge in [0, 0.05) is 50.4 Å². The molecule has 2 saturated heterocycles. The standard InChI is InChI=1S/C17H24F2N4O/c1-12-10-13(2)21-16(20-12)23-7-3-4-14(11-23)15(24)22-8-5-17(18,19)6-9-22/h10,14H,3-9,11H2,1-2H3. The Morgan fingerprint density at radius 2 is 1.79 bits per heavy atom. The lowest BCUT2D eigenvalue weighted by molar-refractivity contribution is -0.141. The predicted molar refractivity (Wildman–Crippen MR) is 87.2 cm³/mol. The summed E-state index contributed by atoms with van der Waals surface area (Å²) in [6.07, 6.45) is 1.23. The number of anilines is 1. The fourth-order valence-electron chi connectivity index (χ4n) is 3.52. The molecule has 1 unspecified atom stereocenters. The third-order valence-electron chi connectivity index (χ3n) is 4.83. The molecule has 0 N–H and O–H groups in total. The molecule has 0 bridgehead atoms. The second-order valence-electron chi connectivity index (χ2n) is 6.92. The Morgan fingerprint density at radius 3 is 2.42 bits per heavy atom. The summed E-state index contributed by atoms with van der Waals surface area (Å²) in [6.45, 7) is 5.56. The van der Waals surface area contributed by atoms with Crippen LogP contribution in [-0.2, 0) is 4.79 Å². The van der Waals surface area contributed by atoms with Crippen molar-refractivity contribution in [3.63, 3.8) is 0 Å². The number of rotatable bonds is 2. The lowest BCUT2D eigenvalue weighted by Crippen LogP contribution is -2.49. The molecule has 7 heteroatoms. The zero-order valence-corrected chi connectivity index (χ0v) is 14.3. The van der Waals surface area contributed by atoms with Crippen LogP contribution < -0.4 is 4.90 Å². The number of halogens is 2. The van der Waals surface area contributed by atoms with E-state index < -0.39 is 5.92 Å². The maximum absolute atomic E-state index is 13.3. The van der Waals surface area contributed by atoms with Gasteiger partial charge < -0.3 is 9.80 Å². The third-order valence-corrected chi connectivity index (χ3v) is 4.83. The van der Waals surface area contributed by atoms with E-state index in [1.54, 1.807) is 4.90 Å². The average Bonchev–Trinajstić information content (AvgIpc) is 2.53. The second-order valence-corrected chi connectivity index (χ2v) is 6.92. The number of piperidine rings is 2. The summed E-state index contributed by atoms with van der Waals surface area (Å²) < 4.78 is 26.6. The Kier molecular flexibility index (Phi) is 4.69. The van der Waals surface area contributed by atoms with Gasteiger partial charge >= 0.3 is 0 Å². The van der Waals surface area contributed by atoms with E-state index in [0.29, 0.717) is 12.5 Å². The molecule has 132 valence electrons. The quantitative estimate of drug-likeness (QED) is 0.832. The van der Waals surface area contributed by atoms with Gasteiger partial charge in [-0.1, -0.05) is 0 Å². The van der Waals surface area contributed by atoms with E-state index in [2.05, 4.69) is 9.97 Å². The first-order valence-electron chi connectivity index (χ1n) is 8.58. The van der Waals surface area contributed by atoms with Gasteiger partial charge in [0.05, 0.1) is 5.92 Å². The van der Waals surface area contributed by atoms with E-state index in [-0.39, 0.29) is 37.8 Å². The molecule has 24 heavy (non-hydrogen) atoms. The van der Waals surface area contributed by atoms with Gasteiger partial charge in [-0.2, -0.15) is 0 Å². The minimum absolute atomic E-state index is 0.000394. The van der Waals surface area contributed by atoms with E-state index in [1.807, 2.05) is 24.8 Å². The highest BCUT2D eigenvalue weighted by molar-refractivity contribution is 5.79. The summed E-state index contributed by atoms with van der Waals surface area (Å²) in [5.74, 6) is -2.12. The molecule has 1 amide bonds. The van der Waals surface area contributed by atoms with Crippen molar-refractivity contribution in [2.24, 2.45) is 5.92 Å². The Balaban J connectivity index is 1.66. The molecule has 5 nitrogen and oxygen atoms in total. The minimum atomic E-state index is -2.62. The largest absolute Gasteiger partial charge is 0.342 e. The van der Waals surface area contributed by atoms with Crippen LogP contribution >= 0.6 is 0 Å². The molecule has 3 heterocycles. The van der Waals surface area contributed by atoms with Gasteiger partial charge in [0.2, 0.25) is 11.9 Å². The Hall–Kier alpha value is -1.79. The van der Waals surface area contributed by atoms with E-state index in [1.165, 1.54) is 0 Å². The van der Waals surface area contributed by atoms with Crippen molar-refractivity contribution in [2.75, 3.05) is 31.1 Å². The molecule has 2 aliphatic heterocycles. The number of amides is 1. The van der Waals surface area contributed by atoms with Gasteiger partial charge in [-0.15, -0.1) is 0 Å². The molecular formula is C17H24F2N4O. The summed E-state index contributed by atoms with van der Waals surface area (Å²) in [5, 5.41) is 0. The second kappa shape index (κ2) is 6.61. The highest BCUT2D eigenvalue weighted by Crippen LogP contribution is 2.30. The van der Waals surface area contributed by atoms with Crippen LogP contribution in [0.2, 0.25) is 0 Å². The number of alkyl halides is 2. The first-order valence-corrected chi connectivity index (χ1v) is 8.58. The lowest BCUT2D eigenvalue weighted by atomic mass is 9.95. The molecule has 0 aliphatic carbocycles. The average molecular weight is 338 g/mol. The molecule has 1 aromatic rings. The van der Waals surface area contributed by atoms with Crippen molar-refractivity contribution in [1.82, 2.24) is 14.9 Å². The summed E-state index contributed by atoms with van der Waals surface area (Å²) in [5.41, 5.74) is 1.81. The van der Waals surface area contributed by atoms with Crippen molar-refractivity contribution in [2.45, 2.75) is 45.5 Å². The van der Waals surface area contributed by atoms with Gasteiger partial charge in [-0.05, 0) is 32.8 Å². The predicted octanol–water partition coefficient (Wildman–Crippen LogP) is 2.57. The molecular weight excluding hydrogens is 314 g/mol. The van der Waals surface area contributed by atoms with Gasteiger partial charge in [0.15, 0.2) is 0 Å². The number of likely N-dealkylation sites (tertiary alicyclic amines) is 1. The number of aryl methyl sites for hydroxylation is 2. The van der Waals surface area contributed by atoms with E-state index in [0.717, 1.165) is 30.8 Å². The number of aromatic nitrogens is 2. The molecule has 2 aliphatic rings. The SMILES string of the molecule is Cc1cc(C)nc(N2CCCC(C(=O)N3CCC(F)(F)CC3)C2)n1. The van der Waals surface area contributed by atoms with Gasteiger partial charge in [0.1, 0.15) is 0 Å². The van der Waals surface area contributed by atoms with E-state index >= 15 is 0 Å². The smallest absolute Gasteiger partial charge is 0.251 e. The Labute approximate surface area is 141 Å². The van der Waals surface area contributed by atoms with Crippen molar-refractivity contribution < 1.29 is 13.6 Å². The zero-order chi connectivity index (χ0) is 17.3. The van der Waals surface area contributed by atoms with Crippen molar-refractivity contribution in [3.8, 4) is 0 Å². The molecule has 2 fully saturated rings. The van der Waals surface area contributed by atoms with Crippen LogP contribution in [0.4, 0.5) is 14.7 Å². The molecule has 3 rings (SSSR count). The van der Waals surface area contributed by atoms with Crippen LogP contribution in [0.15, 0.2) is 6.07 Å². The normalized spacial score (nSPS) is 24.1. The van der Waals surface area contributed by atoms with Crippen molar-refractivity contribution >= 4 is 11.9 Å². The van der Waals surface area contributed by atoms with E-state index in [4.69, 9.17) is 0 Å². The number of carbonyl (C=O) groups is 1. The van der Waals surface area contributed by atoms with Gasteiger partial charge in [-0.25, -0.2) is 18.7 Å². The molecule has 1 aromatic heterocycles.